The lowest BCUT2D eigenvalue weighted by molar-refractivity contribution is -0.116. The van der Waals surface area contributed by atoms with Crippen molar-refractivity contribution >= 4 is 37.5 Å². The first-order chi connectivity index (χ1) is 18.5. The zero-order valence-electron chi connectivity index (χ0n) is 22.6. The van der Waals surface area contributed by atoms with E-state index in [9.17, 15) is 30.7 Å². The van der Waals surface area contributed by atoms with E-state index >= 15 is 0 Å². The third-order valence-electron chi connectivity index (χ3n) is 6.06. The molecule has 0 aliphatic carbocycles. The summed E-state index contributed by atoms with van der Waals surface area (Å²) in [5.74, 6) is -1.01. The van der Waals surface area contributed by atoms with Crippen molar-refractivity contribution in [3.05, 3.63) is 36.4 Å². The summed E-state index contributed by atoms with van der Waals surface area (Å²) >= 11 is 0. The van der Waals surface area contributed by atoms with Crippen LogP contribution < -0.4 is 15.4 Å². The van der Waals surface area contributed by atoms with E-state index < -0.39 is 30.0 Å². The minimum atomic E-state index is -4.82. The highest BCUT2D eigenvalue weighted by Crippen LogP contribution is 2.35. The van der Waals surface area contributed by atoms with Gasteiger partial charge in [-0.15, -0.1) is 0 Å². The molecule has 12 heteroatoms. The van der Waals surface area contributed by atoms with Gasteiger partial charge in [0.15, 0.2) is 0 Å². The third kappa shape index (κ3) is 11.5. The molecular formula is C27H40N2O8S2. The van der Waals surface area contributed by atoms with Crippen LogP contribution in [0.5, 0.6) is 11.5 Å². The van der Waals surface area contributed by atoms with Crippen LogP contribution in [0.15, 0.2) is 46.2 Å². The number of anilines is 2. The van der Waals surface area contributed by atoms with Gasteiger partial charge in [-0.25, -0.2) is 0 Å². The van der Waals surface area contributed by atoms with Crippen molar-refractivity contribution in [2.45, 2.75) is 94.3 Å². The summed E-state index contributed by atoms with van der Waals surface area (Å²) in [5.41, 5.74) is 0.565. The molecule has 0 aliphatic heterocycles. The van der Waals surface area contributed by atoms with Gasteiger partial charge in [-0.2, -0.15) is 16.8 Å². The molecule has 218 valence electrons. The van der Waals surface area contributed by atoms with Crippen LogP contribution in [0.3, 0.4) is 0 Å². The molecule has 0 unspecified atom stereocenters. The number of nitrogens with one attached hydrogen (secondary N) is 2. The number of hydrogen-bond donors (Lipinski definition) is 4. The molecule has 0 aromatic heterocycles. The SMILES string of the molecule is CCCCCCCNc1ccc(Oc2ccc(NC(=O)CCCCCCC)cc2S(=O)(=O)O)c(S(=O)(=O)O)c1. The molecule has 0 aliphatic rings. The van der Waals surface area contributed by atoms with E-state index in [1.54, 1.807) is 0 Å². The molecule has 4 N–H and O–H groups in total. The van der Waals surface area contributed by atoms with Gasteiger partial charge in [0.1, 0.15) is 21.3 Å². The number of carbonyl (C=O) groups excluding carboxylic acids is 1. The first kappa shape index (κ1) is 32.5. The van der Waals surface area contributed by atoms with Gasteiger partial charge >= 0.3 is 0 Å². The van der Waals surface area contributed by atoms with Crippen LogP contribution in [0.25, 0.3) is 0 Å². The topological polar surface area (TPSA) is 159 Å². The lowest BCUT2D eigenvalue weighted by Gasteiger charge is -2.15. The Balaban J connectivity index is 2.20. The Kier molecular flexibility index (Phi) is 13.2. The fourth-order valence-electron chi connectivity index (χ4n) is 3.97. The maximum absolute atomic E-state index is 12.3. The number of unbranched alkanes of at least 4 members (excludes halogenated alkanes) is 8. The third-order valence-corrected chi connectivity index (χ3v) is 7.81. The average Bonchev–Trinajstić information content (AvgIpc) is 2.86. The molecule has 10 nitrogen and oxygen atoms in total. The Hall–Kier alpha value is -2.67. The maximum atomic E-state index is 12.3. The van der Waals surface area contributed by atoms with E-state index in [0.29, 0.717) is 18.7 Å². The normalized spacial score (nSPS) is 11.8. The van der Waals surface area contributed by atoms with Crippen molar-refractivity contribution in [1.29, 1.82) is 0 Å². The van der Waals surface area contributed by atoms with Gasteiger partial charge in [0.2, 0.25) is 5.91 Å². The zero-order valence-corrected chi connectivity index (χ0v) is 24.2. The van der Waals surface area contributed by atoms with Gasteiger partial charge in [0, 0.05) is 24.3 Å². The fraction of sp³-hybridized carbons (Fsp3) is 0.519. The zero-order chi connectivity index (χ0) is 28.9. The van der Waals surface area contributed by atoms with E-state index in [1.165, 1.54) is 30.3 Å². The van der Waals surface area contributed by atoms with E-state index in [4.69, 9.17) is 4.74 Å². The molecule has 0 radical (unpaired) electrons. The number of carbonyl (C=O) groups is 1. The van der Waals surface area contributed by atoms with Gasteiger partial charge in [0.25, 0.3) is 20.2 Å². The molecule has 2 rings (SSSR count). The molecule has 39 heavy (non-hydrogen) atoms. The molecule has 0 bridgehead atoms. The van der Waals surface area contributed by atoms with Crippen LogP contribution >= 0.6 is 0 Å². The Morgan fingerprint density at radius 2 is 1.21 bits per heavy atom. The van der Waals surface area contributed by atoms with E-state index in [-0.39, 0.29) is 29.5 Å². The van der Waals surface area contributed by atoms with Gasteiger partial charge in [-0.3, -0.25) is 13.9 Å². The van der Waals surface area contributed by atoms with Gasteiger partial charge in [0.05, 0.1) is 0 Å². The lowest BCUT2D eigenvalue weighted by atomic mass is 10.1. The van der Waals surface area contributed by atoms with Crippen molar-refractivity contribution in [2.24, 2.45) is 0 Å². The molecule has 0 saturated carbocycles. The second-order valence-corrected chi connectivity index (χ2v) is 12.2. The molecule has 0 spiro atoms. The first-order valence-electron chi connectivity index (χ1n) is 13.4. The predicted octanol–water partition coefficient (Wildman–Crippen LogP) is 6.65. The predicted molar refractivity (Wildman–Crippen MR) is 152 cm³/mol. The number of rotatable bonds is 18. The van der Waals surface area contributed by atoms with E-state index in [1.807, 2.05) is 0 Å². The van der Waals surface area contributed by atoms with Crippen LogP contribution in [0.4, 0.5) is 11.4 Å². The summed E-state index contributed by atoms with van der Waals surface area (Å²) in [6, 6.07) is 7.61. The Morgan fingerprint density at radius 3 is 1.74 bits per heavy atom. The molecule has 2 aromatic rings. The lowest BCUT2D eigenvalue weighted by Crippen LogP contribution is -2.12. The summed E-state index contributed by atoms with van der Waals surface area (Å²) in [7, 11) is -9.56. The van der Waals surface area contributed by atoms with Crippen LogP contribution in [-0.4, -0.2) is 38.4 Å². The molecule has 1 amide bonds. The van der Waals surface area contributed by atoms with Crippen molar-refractivity contribution in [3.63, 3.8) is 0 Å². The summed E-state index contributed by atoms with van der Waals surface area (Å²) in [6.07, 6.45) is 10.4. The van der Waals surface area contributed by atoms with Crippen LogP contribution in [0, 0.1) is 0 Å². The van der Waals surface area contributed by atoms with Gasteiger partial charge in [-0.05, 0) is 49.2 Å². The van der Waals surface area contributed by atoms with Crippen LogP contribution in [0.1, 0.15) is 84.5 Å². The second-order valence-electron chi connectivity index (χ2n) is 9.43. The molecule has 2 aromatic carbocycles. The van der Waals surface area contributed by atoms with Crippen LogP contribution in [0.2, 0.25) is 0 Å². The van der Waals surface area contributed by atoms with E-state index in [2.05, 4.69) is 24.5 Å². The first-order valence-corrected chi connectivity index (χ1v) is 16.3. The minimum absolute atomic E-state index is 0.127. The highest BCUT2D eigenvalue weighted by Gasteiger charge is 2.23. The van der Waals surface area contributed by atoms with Gasteiger partial charge in [-0.1, -0.05) is 65.2 Å². The quantitative estimate of drug-likeness (QED) is 0.111. The molecule has 0 heterocycles. The van der Waals surface area contributed by atoms with Crippen molar-refractivity contribution in [2.75, 3.05) is 17.2 Å². The highest BCUT2D eigenvalue weighted by molar-refractivity contribution is 7.86. The highest BCUT2D eigenvalue weighted by atomic mass is 32.2. The minimum Gasteiger partial charge on any atom is -0.454 e. The van der Waals surface area contributed by atoms with Crippen molar-refractivity contribution < 1.29 is 35.5 Å². The number of ether oxygens (including phenoxy) is 1. The van der Waals surface area contributed by atoms with Crippen molar-refractivity contribution in [3.8, 4) is 11.5 Å². The standard InChI is InChI=1S/C27H40N2O8S2/c1-3-5-7-9-11-13-27(30)29-22-15-17-24(26(20-22)39(34,35)36)37-23-16-14-21(19-25(23)38(31,32)33)28-18-12-10-8-6-4-2/h14-17,19-20,28H,3-13,18H2,1-2H3,(H,29,30)(H,31,32,33)(H,34,35,36). The number of benzene rings is 2. The number of amides is 1. The second kappa shape index (κ2) is 15.8. The molecule has 0 atom stereocenters. The van der Waals surface area contributed by atoms with E-state index in [0.717, 1.165) is 63.9 Å². The Labute approximate surface area is 232 Å². The largest absolute Gasteiger partial charge is 0.454 e. The van der Waals surface area contributed by atoms with Crippen LogP contribution in [-0.2, 0) is 25.0 Å². The summed E-state index contributed by atoms with van der Waals surface area (Å²) in [5, 5.41) is 5.70. The number of hydrogen-bond acceptors (Lipinski definition) is 7. The maximum Gasteiger partial charge on any atom is 0.298 e. The summed E-state index contributed by atoms with van der Waals surface area (Å²) in [6.45, 7) is 4.83. The Morgan fingerprint density at radius 1 is 0.718 bits per heavy atom. The monoisotopic (exact) mass is 584 g/mol. The van der Waals surface area contributed by atoms with Crippen molar-refractivity contribution in [1.82, 2.24) is 0 Å². The fourth-order valence-corrected chi connectivity index (χ4v) is 5.25. The smallest absolute Gasteiger partial charge is 0.298 e. The average molecular weight is 585 g/mol. The van der Waals surface area contributed by atoms with Gasteiger partial charge < -0.3 is 15.4 Å². The molecule has 0 fully saturated rings. The molecule has 0 saturated heterocycles. The summed E-state index contributed by atoms with van der Waals surface area (Å²) < 4.78 is 73.5. The Bertz CT molecular complexity index is 1290. The summed E-state index contributed by atoms with van der Waals surface area (Å²) in [4.78, 5) is 11.0. The molecular weight excluding hydrogens is 544 g/mol.